The van der Waals surface area contributed by atoms with Gasteiger partial charge in [-0.25, -0.2) is 9.79 Å². The van der Waals surface area contributed by atoms with Crippen molar-refractivity contribution in [1.82, 2.24) is 0 Å². The van der Waals surface area contributed by atoms with Gasteiger partial charge in [0, 0.05) is 16.1 Å². The number of ether oxygens (including phenoxy) is 3. The maximum absolute atomic E-state index is 12.1. The molecule has 0 N–H and O–H groups in total. The third-order valence-electron chi connectivity index (χ3n) is 3.42. The summed E-state index contributed by atoms with van der Waals surface area (Å²) in [5.74, 6) is 0.936. The molecule has 3 rings (SSSR count). The Kier molecular flexibility index (Phi) is 4.53. The quantitative estimate of drug-likeness (QED) is 0.627. The Bertz CT molecular complexity index is 858. The summed E-state index contributed by atoms with van der Waals surface area (Å²) in [6, 6.07) is 12.3. The Labute approximate surface area is 144 Å². The summed E-state index contributed by atoms with van der Waals surface area (Å²) in [7, 11) is 3.11. The van der Waals surface area contributed by atoms with Crippen molar-refractivity contribution in [3.63, 3.8) is 0 Å². The highest BCUT2D eigenvalue weighted by atomic mass is 35.5. The molecule has 0 saturated heterocycles. The molecule has 0 radical (unpaired) electrons. The Hall–Kier alpha value is -2.79. The highest BCUT2D eigenvalue weighted by molar-refractivity contribution is 6.30. The lowest BCUT2D eigenvalue weighted by molar-refractivity contribution is -0.129. The molecule has 0 unspecified atom stereocenters. The fourth-order valence-corrected chi connectivity index (χ4v) is 2.43. The van der Waals surface area contributed by atoms with Gasteiger partial charge in [-0.1, -0.05) is 17.7 Å². The molecule has 1 heterocycles. The van der Waals surface area contributed by atoms with Crippen LogP contribution in [0.25, 0.3) is 6.08 Å². The van der Waals surface area contributed by atoms with Crippen LogP contribution in [0.15, 0.2) is 53.2 Å². The molecule has 0 spiro atoms. The highest BCUT2D eigenvalue weighted by Crippen LogP contribution is 2.27. The number of benzene rings is 2. The van der Waals surface area contributed by atoms with Gasteiger partial charge in [0.2, 0.25) is 5.90 Å². The van der Waals surface area contributed by atoms with Crippen molar-refractivity contribution in [3.8, 4) is 11.5 Å². The second kappa shape index (κ2) is 6.76. The van der Waals surface area contributed by atoms with Crippen LogP contribution in [0.2, 0.25) is 5.02 Å². The monoisotopic (exact) mass is 343 g/mol. The summed E-state index contributed by atoms with van der Waals surface area (Å²) in [5, 5.41) is 0.533. The summed E-state index contributed by atoms with van der Waals surface area (Å²) in [6.07, 6.45) is 1.58. The first kappa shape index (κ1) is 16.1. The molecule has 1 aliphatic heterocycles. The Morgan fingerprint density at radius 3 is 2.71 bits per heavy atom. The maximum Gasteiger partial charge on any atom is 0.363 e. The van der Waals surface area contributed by atoms with E-state index < -0.39 is 5.97 Å². The molecule has 2 aromatic rings. The first-order valence-corrected chi connectivity index (χ1v) is 7.49. The zero-order valence-electron chi connectivity index (χ0n) is 13.1. The molecule has 122 valence electrons. The molecule has 0 bridgehead atoms. The van der Waals surface area contributed by atoms with Crippen molar-refractivity contribution in [1.29, 1.82) is 0 Å². The molecular formula is C18H14ClNO4. The number of cyclic esters (lactones) is 1. The number of hydrogen-bond donors (Lipinski definition) is 0. The number of halogens is 1. The number of aliphatic imine (C=N–C) groups is 1. The van der Waals surface area contributed by atoms with Crippen molar-refractivity contribution in [2.75, 3.05) is 14.2 Å². The maximum atomic E-state index is 12.1. The number of rotatable bonds is 4. The van der Waals surface area contributed by atoms with E-state index in [1.54, 1.807) is 62.8 Å². The normalized spacial score (nSPS) is 15.2. The summed E-state index contributed by atoms with van der Waals surface area (Å²) in [6.45, 7) is 0. The van der Waals surface area contributed by atoms with Crippen molar-refractivity contribution in [2.24, 2.45) is 4.99 Å². The lowest BCUT2D eigenvalue weighted by Crippen LogP contribution is -2.05. The third-order valence-corrected chi connectivity index (χ3v) is 3.66. The van der Waals surface area contributed by atoms with Crippen LogP contribution < -0.4 is 9.47 Å². The molecule has 6 heteroatoms. The van der Waals surface area contributed by atoms with Crippen molar-refractivity contribution in [2.45, 2.75) is 0 Å². The van der Waals surface area contributed by atoms with Crippen LogP contribution in [-0.4, -0.2) is 26.1 Å². The first-order valence-electron chi connectivity index (χ1n) is 7.11. The Balaban J connectivity index is 1.98. The fourth-order valence-electron chi connectivity index (χ4n) is 2.25. The van der Waals surface area contributed by atoms with Crippen molar-refractivity contribution >= 4 is 29.5 Å². The number of methoxy groups -OCH3 is 2. The molecule has 0 aliphatic carbocycles. The minimum absolute atomic E-state index is 0.174. The molecule has 5 nitrogen and oxygen atoms in total. The lowest BCUT2D eigenvalue weighted by Gasteiger charge is -2.04. The molecule has 24 heavy (non-hydrogen) atoms. The van der Waals surface area contributed by atoms with E-state index in [0.29, 0.717) is 27.6 Å². The first-order chi connectivity index (χ1) is 11.6. The van der Waals surface area contributed by atoms with Crippen molar-refractivity contribution < 1.29 is 19.0 Å². The number of carbonyl (C=O) groups excluding carboxylic acids is 1. The number of hydrogen-bond acceptors (Lipinski definition) is 5. The van der Waals surface area contributed by atoms with Gasteiger partial charge in [-0.15, -0.1) is 0 Å². The predicted molar refractivity (Wildman–Crippen MR) is 91.6 cm³/mol. The third kappa shape index (κ3) is 3.26. The smallest absolute Gasteiger partial charge is 0.363 e. The molecule has 0 aromatic heterocycles. The highest BCUT2D eigenvalue weighted by Gasteiger charge is 2.24. The van der Waals surface area contributed by atoms with E-state index in [2.05, 4.69) is 4.99 Å². The zero-order chi connectivity index (χ0) is 17.1. The summed E-state index contributed by atoms with van der Waals surface area (Å²) in [5.41, 5.74) is 1.48. The van der Waals surface area contributed by atoms with Crippen LogP contribution in [0, 0.1) is 0 Å². The minimum atomic E-state index is -0.533. The molecule has 0 saturated carbocycles. The molecular weight excluding hydrogens is 330 g/mol. The average molecular weight is 344 g/mol. The lowest BCUT2D eigenvalue weighted by atomic mass is 10.1. The second-order valence-electron chi connectivity index (χ2n) is 4.95. The van der Waals surface area contributed by atoms with Gasteiger partial charge in [0.25, 0.3) is 0 Å². The number of nitrogens with zero attached hydrogens (tertiary/aromatic N) is 1. The van der Waals surface area contributed by atoms with Gasteiger partial charge in [-0.3, -0.25) is 0 Å². The van der Waals surface area contributed by atoms with Crippen LogP contribution in [0.5, 0.6) is 11.5 Å². The van der Waals surface area contributed by atoms with E-state index in [0.717, 1.165) is 0 Å². The van der Waals surface area contributed by atoms with Crippen LogP contribution >= 0.6 is 11.6 Å². The SMILES string of the molecule is COc1cccc(C2=N/C(=C/c3cc(Cl)ccc3OC)C(=O)O2)c1. The van der Waals surface area contributed by atoms with Crippen molar-refractivity contribution in [3.05, 3.63) is 64.3 Å². The predicted octanol–water partition coefficient (Wildman–Crippen LogP) is 3.70. The van der Waals surface area contributed by atoms with E-state index in [9.17, 15) is 4.79 Å². The standard InChI is InChI=1S/C18H14ClNO4/c1-22-14-5-3-4-11(9-14)17-20-15(18(21)24-17)10-12-8-13(19)6-7-16(12)23-2/h3-10H,1-2H3/b15-10+. The van der Waals surface area contributed by atoms with Gasteiger partial charge in [-0.05, 0) is 42.5 Å². The van der Waals surface area contributed by atoms with Gasteiger partial charge < -0.3 is 14.2 Å². The van der Waals surface area contributed by atoms with Gasteiger partial charge in [-0.2, -0.15) is 0 Å². The van der Waals surface area contributed by atoms with Crippen LogP contribution in [0.4, 0.5) is 0 Å². The van der Waals surface area contributed by atoms with E-state index >= 15 is 0 Å². The van der Waals surface area contributed by atoms with E-state index in [-0.39, 0.29) is 11.6 Å². The number of carbonyl (C=O) groups is 1. The van der Waals surface area contributed by atoms with E-state index in [4.69, 9.17) is 25.8 Å². The van der Waals surface area contributed by atoms with Gasteiger partial charge in [0.15, 0.2) is 5.70 Å². The molecule has 0 fully saturated rings. The Morgan fingerprint density at radius 1 is 1.12 bits per heavy atom. The van der Waals surface area contributed by atoms with Gasteiger partial charge in [0.05, 0.1) is 14.2 Å². The Morgan fingerprint density at radius 2 is 1.96 bits per heavy atom. The largest absolute Gasteiger partial charge is 0.497 e. The van der Waals surface area contributed by atoms with Crippen LogP contribution in [-0.2, 0) is 9.53 Å². The second-order valence-corrected chi connectivity index (χ2v) is 5.39. The summed E-state index contributed by atoms with van der Waals surface area (Å²) < 4.78 is 15.7. The van der Waals surface area contributed by atoms with Crippen LogP contribution in [0.1, 0.15) is 11.1 Å². The van der Waals surface area contributed by atoms with E-state index in [1.165, 1.54) is 0 Å². The molecule has 0 amide bonds. The fraction of sp³-hybridized carbons (Fsp3) is 0.111. The molecule has 2 aromatic carbocycles. The number of esters is 1. The average Bonchev–Trinajstić information content (AvgIpc) is 2.96. The summed E-state index contributed by atoms with van der Waals surface area (Å²) >= 11 is 6.00. The summed E-state index contributed by atoms with van der Waals surface area (Å²) in [4.78, 5) is 16.4. The topological polar surface area (TPSA) is 57.1 Å². The van der Waals surface area contributed by atoms with Gasteiger partial charge in [0.1, 0.15) is 11.5 Å². The zero-order valence-corrected chi connectivity index (χ0v) is 13.8. The molecule has 0 atom stereocenters. The van der Waals surface area contributed by atoms with E-state index in [1.807, 2.05) is 0 Å². The molecule has 1 aliphatic rings. The minimum Gasteiger partial charge on any atom is -0.497 e. The van der Waals surface area contributed by atoms with Gasteiger partial charge >= 0.3 is 5.97 Å². The van der Waals surface area contributed by atoms with Crippen LogP contribution in [0.3, 0.4) is 0 Å².